The summed E-state index contributed by atoms with van der Waals surface area (Å²) in [7, 11) is 3.46. The van der Waals surface area contributed by atoms with Crippen molar-refractivity contribution in [2.45, 2.75) is 19.3 Å². The van der Waals surface area contributed by atoms with Gasteiger partial charge in [-0.1, -0.05) is 30.3 Å². The van der Waals surface area contributed by atoms with Crippen LogP contribution in [-0.2, 0) is 20.7 Å². The monoisotopic (exact) mass is 318 g/mol. The SMILES string of the molecule is COCCCN(C)C(=O)C1CC(=O)N(CCc2ccccc2)C1. The zero-order chi connectivity index (χ0) is 16.7. The van der Waals surface area contributed by atoms with E-state index in [0.717, 1.165) is 12.8 Å². The van der Waals surface area contributed by atoms with Gasteiger partial charge in [0.25, 0.3) is 0 Å². The molecule has 126 valence electrons. The average Bonchev–Trinajstić information content (AvgIpc) is 2.94. The maximum absolute atomic E-state index is 12.4. The van der Waals surface area contributed by atoms with Gasteiger partial charge in [-0.05, 0) is 18.4 Å². The number of likely N-dealkylation sites (tertiary alicyclic amines) is 1. The number of carbonyl (C=O) groups is 2. The minimum atomic E-state index is -0.203. The molecule has 23 heavy (non-hydrogen) atoms. The zero-order valence-corrected chi connectivity index (χ0v) is 14.0. The Morgan fingerprint density at radius 1 is 1.35 bits per heavy atom. The van der Waals surface area contributed by atoms with Crippen LogP contribution < -0.4 is 0 Å². The summed E-state index contributed by atoms with van der Waals surface area (Å²) in [5.74, 6) is -0.0490. The Morgan fingerprint density at radius 2 is 2.09 bits per heavy atom. The second-order valence-electron chi connectivity index (χ2n) is 6.08. The molecule has 0 N–H and O–H groups in total. The van der Waals surface area contributed by atoms with Crippen molar-refractivity contribution in [2.24, 2.45) is 5.92 Å². The molecule has 0 bridgehead atoms. The maximum atomic E-state index is 12.4. The largest absolute Gasteiger partial charge is 0.385 e. The third-order valence-corrected chi connectivity index (χ3v) is 4.30. The number of methoxy groups -OCH3 is 1. The van der Waals surface area contributed by atoms with Gasteiger partial charge in [-0.15, -0.1) is 0 Å². The molecule has 2 rings (SSSR count). The summed E-state index contributed by atoms with van der Waals surface area (Å²) >= 11 is 0. The van der Waals surface area contributed by atoms with Gasteiger partial charge in [0.15, 0.2) is 0 Å². The molecule has 1 fully saturated rings. The van der Waals surface area contributed by atoms with Crippen LogP contribution in [0.15, 0.2) is 30.3 Å². The van der Waals surface area contributed by atoms with E-state index in [0.29, 0.717) is 32.7 Å². The number of nitrogens with zero attached hydrogens (tertiary/aromatic N) is 2. The lowest BCUT2D eigenvalue weighted by atomic mass is 10.1. The van der Waals surface area contributed by atoms with Crippen LogP contribution in [0.5, 0.6) is 0 Å². The van der Waals surface area contributed by atoms with Gasteiger partial charge in [0, 0.05) is 46.8 Å². The molecular weight excluding hydrogens is 292 g/mol. The van der Waals surface area contributed by atoms with Gasteiger partial charge in [0.2, 0.25) is 11.8 Å². The van der Waals surface area contributed by atoms with Crippen molar-refractivity contribution in [1.29, 1.82) is 0 Å². The van der Waals surface area contributed by atoms with E-state index in [1.165, 1.54) is 5.56 Å². The lowest BCUT2D eigenvalue weighted by Crippen LogP contribution is -2.36. The summed E-state index contributed by atoms with van der Waals surface area (Å²) in [6, 6.07) is 10.1. The molecule has 0 saturated carbocycles. The second-order valence-corrected chi connectivity index (χ2v) is 6.08. The molecule has 0 aromatic heterocycles. The molecule has 5 heteroatoms. The van der Waals surface area contributed by atoms with E-state index in [1.54, 1.807) is 19.1 Å². The van der Waals surface area contributed by atoms with Crippen LogP contribution in [0.4, 0.5) is 0 Å². The van der Waals surface area contributed by atoms with Crippen molar-refractivity contribution in [3.8, 4) is 0 Å². The lowest BCUT2D eigenvalue weighted by Gasteiger charge is -2.21. The van der Waals surface area contributed by atoms with Gasteiger partial charge in [0.05, 0.1) is 5.92 Å². The third-order valence-electron chi connectivity index (χ3n) is 4.30. The van der Waals surface area contributed by atoms with Crippen LogP contribution in [0.25, 0.3) is 0 Å². The molecule has 5 nitrogen and oxygen atoms in total. The quantitative estimate of drug-likeness (QED) is 0.684. The molecule has 1 unspecified atom stereocenters. The van der Waals surface area contributed by atoms with E-state index in [2.05, 4.69) is 12.1 Å². The van der Waals surface area contributed by atoms with Gasteiger partial charge < -0.3 is 14.5 Å². The Kier molecular flexibility index (Phi) is 6.59. The van der Waals surface area contributed by atoms with Crippen molar-refractivity contribution < 1.29 is 14.3 Å². The topological polar surface area (TPSA) is 49.9 Å². The van der Waals surface area contributed by atoms with Gasteiger partial charge in [-0.25, -0.2) is 0 Å². The van der Waals surface area contributed by atoms with Crippen LogP contribution in [0, 0.1) is 5.92 Å². The van der Waals surface area contributed by atoms with E-state index in [1.807, 2.05) is 23.1 Å². The van der Waals surface area contributed by atoms with Crippen molar-refractivity contribution >= 4 is 11.8 Å². The van der Waals surface area contributed by atoms with E-state index >= 15 is 0 Å². The van der Waals surface area contributed by atoms with E-state index < -0.39 is 0 Å². The van der Waals surface area contributed by atoms with Crippen LogP contribution in [0.2, 0.25) is 0 Å². The highest BCUT2D eigenvalue weighted by atomic mass is 16.5. The molecule has 0 aliphatic carbocycles. The molecule has 0 radical (unpaired) electrons. The Labute approximate surface area is 138 Å². The summed E-state index contributed by atoms with van der Waals surface area (Å²) in [6.45, 7) is 2.53. The number of hydrogen-bond donors (Lipinski definition) is 0. The fourth-order valence-electron chi connectivity index (χ4n) is 2.93. The van der Waals surface area contributed by atoms with Crippen molar-refractivity contribution in [1.82, 2.24) is 9.80 Å². The highest BCUT2D eigenvalue weighted by Gasteiger charge is 2.35. The zero-order valence-electron chi connectivity index (χ0n) is 14.0. The third kappa shape index (κ3) is 5.06. The lowest BCUT2D eigenvalue weighted by molar-refractivity contribution is -0.134. The summed E-state index contributed by atoms with van der Waals surface area (Å²) in [6.07, 6.45) is 1.98. The number of benzene rings is 1. The van der Waals surface area contributed by atoms with E-state index in [9.17, 15) is 9.59 Å². The Hall–Kier alpha value is -1.88. The fourth-order valence-corrected chi connectivity index (χ4v) is 2.93. The minimum Gasteiger partial charge on any atom is -0.385 e. The molecule has 2 amide bonds. The first-order valence-corrected chi connectivity index (χ1v) is 8.17. The first-order chi connectivity index (χ1) is 11.1. The summed E-state index contributed by atoms with van der Waals surface area (Å²) in [5, 5.41) is 0. The first-order valence-electron chi connectivity index (χ1n) is 8.17. The molecule has 1 aromatic carbocycles. The predicted molar refractivity (Wildman–Crippen MR) is 89.0 cm³/mol. The number of hydrogen-bond acceptors (Lipinski definition) is 3. The van der Waals surface area contributed by atoms with E-state index in [4.69, 9.17) is 4.74 Å². The average molecular weight is 318 g/mol. The Balaban J connectivity index is 1.80. The van der Waals surface area contributed by atoms with Crippen LogP contribution in [-0.4, -0.2) is 62.0 Å². The van der Waals surface area contributed by atoms with Crippen LogP contribution in [0.3, 0.4) is 0 Å². The van der Waals surface area contributed by atoms with E-state index in [-0.39, 0.29) is 17.7 Å². The fraction of sp³-hybridized carbons (Fsp3) is 0.556. The smallest absolute Gasteiger partial charge is 0.227 e. The number of ether oxygens (including phenoxy) is 1. The molecule has 0 spiro atoms. The van der Waals surface area contributed by atoms with Crippen LogP contribution in [0.1, 0.15) is 18.4 Å². The van der Waals surface area contributed by atoms with Gasteiger partial charge >= 0.3 is 0 Å². The van der Waals surface area contributed by atoms with Gasteiger partial charge in [-0.2, -0.15) is 0 Å². The molecule has 1 atom stereocenters. The number of carbonyl (C=O) groups excluding carboxylic acids is 2. The maximum Gasteiger partial charge on any atom is 0.227 e. The Morgan fingerprint density at radius 3 is 2.78 bits per heavy atom. The molecule has 1 aromatic rings. The highest BCUT2D eigenvalue weighted by molar-refractivity contribution is 5.89. The van der Waals surface area contributed by atoms with Gasteiger partial charge in [0.1, 0.15) is 0 Å². The summed E-state index contributed by atoms with van der Waals surface area (Å²) in [5.41, 5.74) is 1.21. The summed E-state index contributed by atoms with van der Waals surface area (Å²) < 4.78 is 5.01. The highest BCUT2D eigenvalue weighted by Crippen LogP contribution is 2.20. The normalized spacial score (nSPS) is 17.6. The second kappa shape index (κ2) is 8.67. The Bertz CT molecular complexity index is 518. The first kappa shape index (κ1) is 17.5. The van der Waals surface area contributed by atoms with Crippen LogP contribution >= 0.6 is 0 Å². The number of amides is 2. The minimum absolute atomic E-state index is 0.0664. The molecular formula is C18H26N2O3. The molecule has 1 heterocycles. The summed E-state index contributed by atoms with van der Waals surface area (Å²) in [4.78, 5) is 28.1. The predicted octanol–water partition coefficient (Wildman–Crippen LogP) is 1.57. The van der Waals surface area contributed by atoms with Crippen molar-refractivity contribution in [3.05, 3.63) is 35.9 Å². The van der Waals surface area contributed by atoms with Crippen molar-refractivity contribution in [2.75, 3.05) is 40.4 Å². The van der Waals surface area contributed by atoms with Gasteiger partial charge in [-0.3, -0.25) is 9.59 Å². The van der Waals surface area contributed by atoms with Crippen molar-refractivity contribution in [3.63, 3.8) is 0 Å². The molecule has 1 aliphatic heterocycles. The molecule has 1 saturated heterocycles. The standard InChI is InChI=1S/C18H26N2O3/c1-19(10-6-12-23-2)18(22)16-13-17(21)20(14-16)11-9-15-7-4-3-5-8-15/h3-5,7-8,16H,6,9-14H2,1-2H3. The molecule has 1 aliphatic rings. The number of rotatable bonds is 8.